The first-order valence-corrected chi connectivity index (χ1v) is 12.7. The molecule has 4 aromatic carbocycles. The molecule has 0 bridgehead atoms. The molecule has 4 aromatic rings. The van der Waals surface area contributed by atoms with Crippen LogP contribution < -0.4 is 10.6 Å². The van der Waals surface area contributed by atoms with Gasteiger partial charge >= 0.3 is 0 Å². The van der Waals surface area contributed by atoms with Crippen LogP contribution in [0.3, 0.4) is 0 Å². The Morgan fingerprint density at radius 1 is 0.552 bits per heavy atom. The average Bonchev–Trinajstić information content (AvgIpc) is 2.81. The highest BCUT2D eigenvalue weighted by atomic mass is 32.4. The quantitative estimate of drug-likeness (QED) is 0.446. The molecule has 1 N–H and O–H groups in total. The molecule has 0 spiro atoms. The number of benzene rings is 4. The Bertz CT molecular complexity index is 1010. The summed E-state index contributed by atoms with van der Waals surface area (Å²) in [6.45, 7) is 0. The predicted molar refractivity (Wildman–Crippen MR) is 127 cm³/mol. The number of hydrogen-bond donors (Lipinski definition) is 1. The van der Waals surface area contributed by atoms with Crippen LogP contribution in [0.25, 0.3) is 0 Å². The van der Waals surface area contributed by atoms with Crippen LogP contribution >= 0.6 is 6.04 Å². The van der Waals surface area contributed by atoms with Crippen molar-refractivity contribution in [2.45, 2.75) is 5.60 Å². The summed E-state index contributed by atoms with van der Waals surface area (Å²) < 4.78 is 0. The highest BCUT2D eigenvalue weighted by molar-refractivity contribution is 8.22. The topological polar surface area (TPSA) is 20.2 Å². The van der Waals surface area contributed by atoms with E-state index in [1.807, 2.05) is 97.1 Å². The molecule has 0 atom stereocenters. The number of rotatable bonds is 6. The van der Waals surface area contributed by atoms with Crippen molar-refractivity contribution in [1.82, 2.24) is 0 Å². The van der Waals surface area contributed by atoms with Crippen LogP contribution in [0.5, 0.6) is 0 Å². The lowest BCUT2D eigenvalue weighted by Gasteiger charge is -2.36. The van der Waals surface area contributed by atoms with Crippen molar-refractivity contribution in [3.05, 3.63) is 132 Å². The second-order valence-corrected chi connectivity index (χ2v) is 11.9. The number of hydrogen-bond acceptors (Lipinski definition) is 2. The van der Waals surface area contributed by atoms with Crippen LogP contribution in [0.4, 0.5) is 0 Å². The van der Waals surface area contributed by atoms with Gasteiger partial charge in [-0.15, -0.1) is 0 Å². The third-order valence-corrected chi connectivity index (χ3v) is 10.1. The van der Waals surface area contributed by atoms with Gasteiger partial charge in [-0.05, 0) is 21.7 Å². The van der Waals surface area contributed by atoms with E-state index in [1.165, 1.54) is 0 Å². The summed E-state index contributed by atoms with van der Waals surface area (Å²) >= 11 is 6.43. The maximum absolute atomic E-state index is 12.2. The van der Waals surface area contributed by atoms with E-state index >= 15 is 0 Å². The minimum atomic E-state index is -2.29. The summed E-state index contributed by atoms with van der Waals surface area (Å²) in [6, 6.07) is 38.0. The van der Waals surface area contributed by atoms with Crippen molar-refractivity contribution in [2.75, 3.05) is 6.16 Å². The van der Waals surface area contributed by atoms with Crippen LogP contribution in [0.1, 0.15) is 11.1 Å². The lowest BCUT2D eigenvalue weighted by molar-refractivity contribution is 0.107. The Kier molecular flexibility index (Phi) is 5.78. The van der Waals surface area contributed by atoms with Gasteiger partial charge in [-0.3, -0.25) is 0 Å². The molecule has 0 aromatic heterocycles. The van der Waals surface area contributed by atoms with Crippen molar-refractivity contribution in [3.8, 4) is 0 Å². The Morgan fingerprint density at radius 3 is 1.21 bits per heavy atom. The molecule has 29 heavy (non-hydrogen) atoms. The van der Waals surface area contributed by atoms with E-state index in [0.717, 1.165) is 21.7 Å². The first kappa shape index (κ1) is 19.8. The summed E-state index contributed by atoms with van der Waals surface area (Å²) in [5, 5.41) is 14.4. The zero-order valence-corrected chi connectivity index (χ0v) is 17.8. The largest absolute Gasteiger partial charge is 0.380 e. The van der Waals surface area contributed by atoms with Gasteiger partial charge in [0.1, 0.15) is 5.60 Å². The fourth-order valence-electron chi connectivity index (χ4n) is 3.77. The minimum absolute atomic E-state index is 0.456. The highest BCUT2D eigenvalue weighted by Gasteiger charge is 2.38. The van der Waals surface area contributed by atoms with Crippen molar-refractivity contribution < 1.29 is 5.11 Å². The molecule has 3 heteroatoms. The molecule has 1 nitrogen and oxygen atoms in total. The Morgan fingerprint density at radius 2 is 0.862 bits per heavy atom. The molecular formula is C26H23OPS. The number of aliphatic hydroxyl groups is 1. The molecule has 144 valence electrons. The van der Waals surface area contributed by atoms with Crippen molar-refractivity contribution in [3.63, 3.8) is 0 Å². The van der Waals surface area contributed by atoms with Crippen LogP contribution in [0, 0.1) is 0 Å². The summed E-state index contributed by atoms with van der Waals surface area (Å²) in [7, 11) is 0. The summed E-state index contributed by atoms with van der Waals surface area (Å²) in [5.41, 5.74) is 0.559. The first-order valence-electron chi connectivity index (χ1n) is 9.67. The van der Waals surface area contributed by atoms with Gasteiger partial charge in [-0.25, -0.2) is 0 Å². The second kappa shape index (κ2) is 8.47. The Balaban J connectivity index is 1.92. The molecule has 0 saturated carbocycles. The molecule has 0 saturated heterocycles. The third kappa shape index (κ3) is 3.97. The lowest BCUT2D eigenvalue weighted by Crippen LogP contribution is -2.35. The van der Waals surface area contributed by atoms with Gasteiger partial charge < -0.3 is 5.11 Å². The van der Waals surface area contributed by atoms with Gasteiger partial charge in [0, 0.05) is 12.2 Å². The van der Waals surface area contributed by atoms with Crippen molar-refractivity contribution in [2.24, 2.45) is 0 Å². The standard InChI is InChI=1S/C26H23OPS/c27-26(22-13-5-1-6-14-22,23-15-7-2-8-16-23)21-28(29,24-17-9-3-10-18-24)25-19-11-4-12-20-25/h1-20,27H,21H2. The average molecular weight is 415 g/mol. The van der Waals surface area contributed by atoms with Crippen LogP contribution in [-0.4, -0.2) is 11.3 Å². The molecule has 0 amide bonds. The molecule has 0 unspecified atom stereocenters. The molecule has 4 rings (SSSR count). The molecule has 0 heterocycles. The molecule has 0 aliphatic heterocycles. The van der Waals surface area contributed by atoms with E-state index in [9.17, 15) is 5.11 Å². The maximum atomic E-state index is 12.2. The molecular weight excluding hydrogens is 391 g/mol. The van der Waals surface area contributed by atoms with Gasteiger partial charge in [0.25, 0.3) is 0 Å². The van der Waals surface area contributed by atoms with Crippen LogP contribution in [0.15, 0.2) is 121 Å². The monoisotopic (exact) mass is 414 g/mol. The first-order chi connectivity index (χ1) is 14.1. The van der Waals surface area contributed by atoms with E-state index < -0.39 is 11.6 Å². The van der Waals surface area contributed by atoms with Crippen molar-refractivity contribution in [1.29, 1.82) is 0 Å². The van der Waals surface area contributed by atoms with E-state index in [1.54, 1.807) is 0 Å². The van der Waals surface area contributed by atoms with Gasteiger partial charge in [0.15, 0.2) is 0 Å². The fraction of sp³-hybridized carbons (Fsp3) is 0.0769. The van der Waals surface area contributed by atoms with Crippen LogP contribution in [-0.2, 0) is 17.4 Å². The fourth-order valence-corrected chi connectivity index (χ4v) is 8.04. The van der Waals surface area contributed by atoms with Gasteiger partial charge in [0.2, 0.25) is 0 Å². The minimum Gasteiger partial charge on any atom is -0.380 e. The second-order valence-electron chi connectivity index (χ2n) is 7.16. The predicted octanol–water partition coefficient (Wildman–Crippen LogP) is 5.05. The zero-order valence-electron chi connectivity index (χ0n) is 16.1. The van der Waals surface area contributed by atoms with Gasteiger partial charge in [-0.1, -0.05) is 133 Å². The summed E-state index contributed by atoms with van der Waals surface area (Å²) in [5.74, 6) is 0. The zero-order chi connectivity index (χ0) is 20.2. The molecule has 0 radical (unpaired) electrons. The van der Waals surface area contributed by atoms with Gasteiger partial charge in [-0.2, -0.15) is 0 Å². The maximum Gasteiger partial charge on any atom is 0.120 e. The molecule has 0 fully saturated rings. The Labute approximate surface area is 177 Å². The van der Waals surface area contributed by atoms with E-state index in [4.69, 9.17) is 11.8 Å². The summed E-state index contributed by atoms with van der Waals surface area (Å²) in [4.78, 5) is 0. The highest BCUT2D eigenvalue weighted by Crippen LogP contribution is 2.50. The smallest absolute Gasteiger partial charge is 0.120 e. The van der Waals surface area contributed by atoms with E-state index in [0.29, 0.717) is 6.16 Å². The van der Waals surface area contributed by atoms with E-state index in [2.05, 4.69) is 24.3 Å². The summed E-state index contributed by atoms with van der Waals surface area (Å²) in [6.07, 6.45) is 0.456. The lowest BCUT2D eigenvalue weighted by atomic mass is 9.88. The third-order valence-electron chi connectivity index (χ3n) is 5.30. The normalized spacial score (nSPS) is 11.9. The SMILES string of the molecule is OC(CP(=S)(c1ccccc1)c1ccccc1)(c1ccccc1)c1ccccc1. The molecule has 0 aliphatic carbocycles. The molecule has 0 aliphatic rings. The van der Waals surface area contributed by atoms with Crippen LogP contribution in [0.2, 0.25) is 0 Å². The Hall–Kier alpha value is -2.51. The van der Waals surface area contributed by atoms with E-state index in [-0.39, 0.29) is 0 Å². The van der Waals surface area contributed by atoms with Crippen molar-refractivity contribution >= 4 is 28.5 Å². The van der Waals surface area contributed by atoms with Gasteiger partial charge in [0.05, 0.1) is 0 Å².